The average Bonchev–Trinajstić information content (AvgIpc) is 2.54. The fourth-order valence-corrected chi connectivity index (χ4v) is 1.84. The first kappa shape index (κ1) is 15.0. The van der Waals surface area contributed by atoms with Crippen LogP contribution in [-0.4, -0.2) is 22.1 Å². The van der Waals surface area contributed by atoms with E-state index >= 15 is 0 Å². The summed E-state index contributed by atoms with van der Waals surface area (Å²) in [6.07, 6.45) is 1.01. The van der Waals surface area contributed by atoms with Crippen LogP contribution in [0.3, 0.4) is 0 Å². The summed E-state index contributed by atoms with van der Waals surface area (Å²) in [6, 6.07) is 8.06. The van der Waals surface area contributed by atoms with Crippen LogP contribution < -0.4 is 20.7 Å². The number of nitrogen functional groups attached to an aromatic ring is 1. The minimum absolute atomic E-state index is 0.130. The molecule has 0 aliphatic heterocycles. The van der Waals surface area contributed by atoms with Crippen molar-refractivity contribution in [1.82, 2.24) is 15.0 Å². The molecule has 7 heteroatoms. The molecule has 1 aromatic carbocycles. The molecule has 2 aromatic rings. The number of nitrogens with two attached hydrogens (primary N) is 1. The first-order valence-corrected chi connectivity index (χ1v) is 6.71. The fraction of sp³-hybridized carbons (Fsp3) is 0.357. The van der Waals surface area contributed by atoms with Crippen molar-refractivity contribution in [3.8, 4) is 17.8 Å². The molecule has 1 aromatic heterocycles. The van der Waals surface area contributed by atoms with E-state index in [1.54, 1.807) is 0 Å². The SMILES string of the molecule is CCC(C)c1ccccc1Oc1nc(NN)nc(OC)n1. The lowest BCUT2D eigenvalue weighted by molar-refractivity contribution is 0.359. The second-order valence-corrected chi connectivity index (χ2v) is 4.52. The number of rotatable bonds is 6. The number of anilines is 1. The molecule has 0 fully saturated rings. The largest absolute Gasteiger partial charge is 0.467 e. The summed E-state index contributed by atoms with van der Waals surface area (Å²) >= 11 is 0. The number of nitrogens with zero attached hydrogens (tertiary/aromatic N) is 3. The molecule has 0 saturated heterocycles. The van der Waals surface area contributed by atoms with E-state index in [1.807, 2.05) is 24.3 Å². The molecule has 0 radical (unpaired) electrons. The lowest BCUT2D eigenvalue weighted by Crippen LogP contribution is -2.12. The monoisotopic (exact) mass is 289 g/mol. The molecule has 7 nitrogen and oxygen atoms in total. The zero-order valence-corrected chi connectivity index (χ0v) is 12.3. The Bertz CT molecular complexity index is 583. The van der Waals surface area contributed by atoms with E-state index < -0.39 is 0 Å². The zero-order valence-electron chi connectivity index (χ0n) is 12.3. The van der Waals surface area contributed by atoms with Gasteiger partial charge in [-0.2, -0.15) is 9.97 Å². The number of ether oxygens (including phenoxy) is 2. The van der Waals surface area contributed by atoms with E-state index in [4.69, 9.17) is 15.3 Å². The van der Waals surface area contributed by atoms with Gasteiger partial charge in [-0.25, -0.2) is 5.84 Å². The molecule has 0 aliphatic rings. The van der Waals surface area contributed by atoms with Crippen LogP contribution in [0.5, 0.6) is 17.8 Å². The second kappa shape index (κ2) is 6.85. The summed E-state index contributed by atoms with van der Waals surface area (Å²) in [5, 5.41) is 0. The van der Waals surface area contributed by atoms with E-state index in [0.29, 0.717) is 11.7 Å². The number of methoxy groups -OCH3 is 1. The van der Waals surface area contributed by atoms with E-state index in [0.717, 1.165) is 12.0 Å². The lowest BCUT2D eigenvalue weighted by Gasteiger charge is -2.14. The minimum atomic E-state index is 0.130. The number of hydrogen-bond acceptors (Lipinski definition) is 7. The van der Waals surface area contributed by atoms with Crippen LogP contribution >= 0.6 is 0 Å². The highest BCUT2D eigenvalue weighted by Crippen LogP contribution is 2.31. The van der Waals surface area contributed by atoms with Crippen LogP contribution in [-0.2, 0) is 0 Å². The Hall–Kier alpha value is -2.41. The van der Waals surface area contributed by atoms with Crippen molar-refractivity contribution in [1.29, 1.82) is 0 Å². The number of hydrogen-bond donors (Lipinski definition) is 2. The molecule has 0 amide bonds. The predicted octanol–water partition coefficient (Wildman–Crippen LogP) is 2.47. The summed E-state index contributed by atoms with van der Waals surface area (Å²) in [6.45, 7) is 4.27. The molecule has 0 aliphatic carbocycles. The van der Waals surface area contributed by atoms with E-state index in [1.165, 1.54) is 7.11 Å². The standard InChI is InChI=1S/C14H19N5O2/c1-4-9(2)10-7-5-6-8-11(10)21-14-17-12(19-15)16-13(18-14)20-3/h5-9H,4,15H2,1-3H3,(H,16,17,18,19). The van der Waals surface area contributed by atoms with Gasteiger partial charge in [0, 0.05) is 0 Å². The summed E-state index contributed by atoms with van der Waals surface area (Å²) < 4.78 is 10.8. The minimum Gasteiger partial charge on any atom is -0.467 e. The van der Waals surface area contributed by atoms with Crippen molar-refractivity contribution in [2.45, 2.75) is 26.2 Å². The molecule has 0 spiro atoms. The average molecular weight is 289 g/mol. The zero-order chi connectivity index (χ0) is 15.2. The Morgan fingerprint density at radius 3 is 2.57 bits per heavy atom. The normalized spacial score (nSPS) is 11.8. The van der Waals surface area contributed by atoms with Gasteiger partial charge in [0.15, 0.2) is 0 Å². The van der Waals surface area contributed by atoms with Crippen LogP contribution in [0.1, 0.15) is 31.7 Å². The van der Waals surface area contributed by atoms with Gasteiger partial charge in [0.2, 0.25) is 5.95 Å². The lowest BCUT2D eigenvalue weighted by atomic mass is 9.98. The molecule has 1 heterocycles. The van der Waals surface area contributed by atoms with Gasteiger partial charge >= 0.3 is 12.0 Å². The third kappa shape index (κ3) is 3.57. The Balaban J connectivity index is 2.34. The van der Waals surface area contributed by atoms with Gasteiger partial charge in [0.05, 0.1) is 7.11 Å². The Kier molecular flexibility index (Phi) is 4.89. The second-order valence-electron chi connectivity index (χ2n) is 4.52. The molecule has 1 atom stereocenters. The van der Waals surface area contributed by atoms with Gasteiger partial charge < -0.3 is 9.47 Å². The fourth-order valence-electron chi connectivity index (χ4n) is 1.84. The van der Waals surface area contributed by atoms with Crippen LogP contribution in [0.4, 0.5) is 5.95 Å². The first-order chi connectivity index (χ1) is 10.2. The highest BCUT2D eigenvalue weighted by atomic mass is 16.5. The highest BCUT2D eigenvalue weighted by Gasteiger charge is 2.13. The maximum Gasteiger partial charge on any atom is 0.330 e. The van der Waals surface area contributed by atoms with Gasteiger partial charge in [-0.1, -0.05) is 32.0 Å². The molecular weight excluding hydrogens is 270 g/mol. The van der Waals surface area contributed by atoms with Gasteiger partial charge in [-0.3, -0.25) is 5.43 Å². The first-order valence-electron chi connectivity index (χ1n) is 6.71. The van der Waals surface area contributed by atoms with Crippen LogP contribution in [0.15, 0.2) is 24.3 Å². The number of aromatic nitrogens is 3. The molecule has 0 bridgehead atoms. The van der Waals surface area contributed by atoms with Crippen molar-refractivity contribution in [3.05, 3.63) is 29.8 Å². The number of benzene rings is 1. The van der Waals surface area contributed by atoms with E-state index in [-0.39, 0.29) is 18.0 Å². The Morgan fingerprint density at radius 2 is 1.90 bits per heavy atom. The van der Waals surface area contributed by atoms with E-state index in [2.05, 4.69) is 34.2 Å². The molecule has 21 heavy (non-hydrogen) atoms. The van der Waals surface area contributed by atoms with Gasteiger partial charge in [0.1, 0.15) is 5.75 Å². The topological polar surface area (TPSA) is 95.2 Å². The summed E-state index contributed by atoms with van der Waals surface area (Å²) in [7, 11) is 1.46. The quantitative estimate of drug-likeness (QED) is 0.623. The molecule has 3 N–H and O–H groups in total. The number of nitrogens with one attached hydrogen (secondary N) is 1. The summed E-state index contributed by atoms with van der Waals surface area (Å²) in [5.74, 6) is 6.58. The summed E-state index contributed by atoms with van der Waals surface area (Å²) in [4.78, 5) is 12.0. The molecular formula is C14H19N5O2. The van der Waals surface area contributed by atoms with Crippen LogP contribution in [0.25, 0.3) is 0 Å². The van der Waals surface area contributed by atoms with Crippen molar-refractivity contribution < 1.29 is 9.47 Å². The Labute approximate surface area is 123 Å². The highest BCUT2D eigenvalue weighted by molar-refractivity contribution is 5.38. The number of hydrazine groups is 1. The molecule has 1 unspecified atom stereocenters. The van der Waals surface area contributed by atoms with Crippen LogP contribution in [0.2, 0.25) is 0 Å². The molecule has 112 valence electrons. The Morgan fingerprint density at radius 1 is 1.19 bits per heavy atom. The van der Waals surface area contributed by atoms with Gasteiger partial charge in [-0.15, -0.1) is 4.98 Å². The van der Waals surface area contributed by atoms with Gasteiger partial charge in [-0.05, 0) is 24.0 Å². The molecule has 2 rings (SSSR count). The maximum atomic E-state index is 5.78. The van der Waals surface area contributed by atoms with Crippen molar-refractivity contribution in [2.24, 2.45) is 5.84 Å². The van der Waals surface area contributed by atoms with Gasteiger partial charge in [0.25, 0.3) is 0 Å². The van der Waals surface area contributed by atoms with Crippen molar-refractivity contribution in [2.75, 3.05) is 12.5 Å². The molecule has 0 saturated carbocycles. The van der Waals surface area contributed by atoms with E-state index in [9.17, 15) is 0 Å². The van der Waals surface area contributed by atoms with Crippen LogP contribution in [0, 0.1) is 0 Å². The number of para-hydroxylation sites is 1. The van der Waals surface area contributed by atoms with Crippen molar-refractivity contribution >= 4 is 5.95 Å². The van der Waals surface area contributed by atoms with Crippen molar-refractivity contribution in [3.63, 3.8) is 0 Å². The third-order valence-electron chi connectivity index (χ3n) is 3.17. The summed E-state index contributed by atoms with van der Waals surface area (Å²) in [5.41, 5.74) is 3.45. The third-order valence-corrected chi connectivity index (χ3v) is 3.17. The predicted molar refractivity (Wildman–Crippen MR) is 79.4 cm³/mol. The smallest absolute Gasteiger partial charge is 0.330 e. The maximum absolute atomic E-state index is 5.78.